The molecule has 2 aromatic carbocycles. The molecule has 2 nitrogen and oxygen atoms in total. The van der Waals surface area contributed by atoms with E-state index in [1.54, 1.807) is 19.1 Å². The third-order valence-electron chi connectivity index (χ3n) is 5.61. The molecule has 0 heterocycles. The van der Waals surface area contributed by atoms with Crippen LogP contribution in [0.25, 0.3) is 0 Å². The maximum atomic E-state index is 14.4. The first-order valence-corrected chi connectivity index (χ1v) is 10.5. The van der Waals surface area contributed by atoms with Gasteiger partial charge in [-0.05, 0) is 73.8 Å². The summed E-state index contributed by atoms with van der Waals surface area (Å²) in [5.74, 6) is -1.95. The van der Waals surface area contributed by atoms with Crippen LogP contribution >= 0.6 is 0 Å². The molecule has 0 radical (unpaired) electrons. The van der Waals surface area contributed by atoms with Gasteiger partial charge in [-0.15, -0.1) is 0 Å². The highest BCUT2D eigenvalue weighted by Gasteiger charge is 2.27. The predicted molar refractivity (Wildman–Crippen MR) is 108 cm³/mol. The van der Waals surface area contributed by atoms with E-state index in [2.05, 4.69) is 0 Å². The van der Waals surface area contributed by atoms with Crippen LogP contribution in [0.15, 0.2) is 30.3 Å². The lowest BCUT2D eigenvalue weighted by atomic mass is 9.82. The number of ether oxygens (including phenoxy) is 2. The summed E-state index contributed by atoms with van der Waals surface area (Å²) in [6.07, 6.45) is 4.72. The fraction of sp³-hybridized carbons (Fsp3) is 0.500. The smallest absolute Gasteiger partial charge is 0.200 e. The Bertz CT molecular complexity index is 814. The minimum absolute atomic E-state index is 0.0224. The highest BCUT2D eigenvalue weighted by atomic mass is 19.2. The van der Waals surface area contributed by atoms with Gasteiger partial charge in [0.2, 0.25) is 5.82 Å². The lowest BCUT2D eigenvalue weighted by Crippen LogP contribution is -2.21. The Balaban J connectivity index is 1.53. The summed E-state index contributed by atoms with van der Waals surface area (Å²) in [5, 5.41) is 0. The van der Waals surface area contributed by atoms with Gasteiger partial charge in [0.15, 0.2) is 11.6 Å². The first-order chi connectivity index (χ1) is 14.0. The van der Waals surface area contributed by atoms with E-state index in [9.17, 15) is 13.2 Å². The molecule has 0 N–H and O–H groups in total. The van der Waals surface area contributed by atoms with Crippen LogP contribution in [-0.2, 0) is 17.8 Å². The summed E-state index contributed by atoms with van der Waals surface area (Å²) in [6, 6.07) is 8.44. The molecule has 0 aliphatic heterocycles. The molecule has 3 rings (SSSR count). The standard InChI is InChI=1S/C24H29F3O2/c1-3-5-18-7-6-16(14-21(18)25)15-29-19-10-8-17(9-11-19)20-12-13-22(28-4-2)24(27)23(20)26/h6-7,12-14,17,19H,3-5,8-11,15H2,1-2H3. The lowest BCUT2D eigenvalue weighted by Gasteiger charge is -2.29. The van der Waals surface area contributed by atoms with Crippen molar-refractivity contribution in [2.75, 3.05) is 6.61 Å². The summed E-state index contributed by atoms with van der Waals surface area (Å²) in [5.41, 5.74) is 1.98. The van der Waals surface area contributed by atoms with Crippen LogP contribution in [0.4, 0.5) is 13.2 Å². The largest absolute Gasteiger partial charge is 0.491 e. The van der Waals surface area contributed by atoms with Gasteiger partial charge in [0.05, 0.1) is 19.3 Å². The number of rotatable bonds is 8. The zero-order valence-corrected chi connectivity index (χ0v) is 17.1. The van der Waals surface area contributed by atoms with Gasteiger partial charge in [0.25, 0.3) is 0 Å². The van der Waals surface area contributed by atoms with Gasteiger partial charge in [0, 0.05) is 0 Å². The highest BCUT2D eigenvalue weighted by molar-refractivity contribution is 5.33. The van der Waals surface area contributed by atoms with Crippen molar-refractivity contribution in [2.24, 2.45) is 0 Å². The number of hydrogen-bond acceptors (Lipinski definition) is 2. The molecule has 2 aromatic rings. The van der Waals surface area contributed by atoms with Gasteiger partial charge < -0.3 is 9.47 Å². The van der Waals surface area contributed by atoms with E-state index >= 15 is 0 Å². The minimum atomic E-state index is -0.906. The average Bonchev–Trinajstić information content (AvgIpc) is 2.73. The number of halogens is 3. The van der Waals surface area contributed by atoms with Crippen molar-refractivity contribution >= 4 is 0 Å². The van der Waals surface area contributed by atoms with Crippen molar-refractivity contribution < 1.29 is 22.6 Å². The van der Waals surface area contributed by atoms with Crippen molar-refractivity contribution in [2.45, 2.75) is 71.0 Å². The van der Waals surface area contributed by atoms with Crippen LogP contribution in [-0.4, -0.2) is 12.7 Å². The van der Waals surface area contributed by atoms with Crippen molar-refractivity contribution in [3.8, 4) is 5.75 Å². The first kappa shape index (κ1) is 21.7. The maximum Gasteiger partial charge on any atom is 0.200 e. The molecule has 0 atom stereocenters. The second-order valence-corrected chi connectivity index (χ2v) is 7.67. The fourth-order valence-electron chi connectivity index (χ4n) is 4.04. The second kappa shape index (κ2) is 10.1. The number of benzene rings is 2. The summed E-state index contributed by atoms with van der Waals surface area (Å²) >= 11 is 0. The zero-order chi connectivity index (χ0) is 20.8. The third kappa shape index (κ3) is 5.33. The Kier molecular flexibility index (Phi) is 7.59. The van der Waals surface area contributed by atoms with Crippen molar-refractivity contribution in [1.82, 2.24) is 0 Å². The number of aryl methyl sites for hydroxylation is 1. The van der Waals surface area contributed by atoms with Crippen molar-refractivity contribution in [3.05, 3.63) is 64.5 Å². The van der Waals surface area contributed by atoms with E-state index in [0.29, 0.717) is 18.8 Å². The Morgan fingerprint density at radius 1 is 0.931 bits per heavy atom. The quantitative estimate of drug-likeness (QED) is 0.486. The molecular formula is C24H29F3O2. The molecule has 0 amide bonds. The van der Waals surface area contributed by atoms with Crippen molar-refractivity contribution in [3.63, 3.8) is 0 Å². The van der Waals surface area contributed by atoms with Crippen LogP contribution in [0.1, 0.15) is 68.6 Å². The van der Waals surface area contributed by atoms with Crippen molar-refractivity contribution in [1.29, 1.82) is 0 Å². The monoisotopic (exact) mass is 406 g/mol. The maximum absolute atomic E-state index is 14.4. The Labute approximate surface area is 171 Å². The molecule has 158 valence electrons. The SMILES string of the molecule is CCCc1ccc(COC2CCC(c3ccc(OCC)c(F)c3F)CC2)cc1F. The van der Waals surface area contributed by atoms with Crippen LogP contribution < -0.4 is 4.74 Å². The van der Waals surface area contributed by atoms with Gasteiger partial charge >= 0.3 is 0 Å². The van der Waals surface area contributed by atoms with E-state index in [1.165, 1.54) is 6.07 Å². The van der Waals surface area contributed by atoms with Gasteiger partial charge in [-0.1, -0.05) is 31.5 Å². The van der Waals surface area contributed by atoms with E-state index in [0.717, 1.165) is 49.7 Å². The van der Waals surface area contributed by atoms with Crippen LogP contribution in [0, 0.1) is 17.5 Å². The Morgan fingerprint density at radius 2 is 1.69 bits per heavy atom. The molecule has 0 bridgehead atoms. The number of hydrogen-bond donors (Lipinski definition) is 0. The lowest BCUT2D eigenvalue weighted by molar-refractivity contribution is 0.0130. The molecular weight excluding hydrogens is 377 g/mol. The van der Waals surface area contributed by atoms with Gasteiger partial charge in [-0.2, -0.15) is 4.39 Å². The van der Waals surface area contributed by atoms with Crippen LogP contribution in [0.3, 0.4) is 0 Å². The summed E-state index contributed by atoms with van der Waals surface area (Å²) in [4.78, 5) is 0. The van der Waals surface area contributed by atoms with Crippen LogP contribution in [0.5, 0.6) is 5.75 Å². The molecule has 5 heteroatoms. The normalized spacial score (nSPS) is 19.3. The highest BCUT2D eigenvalue weighted by Crippen LogP contribution is 2.37. The summed E-state index contributed by atoms with van der Waals surface area (Å²) < 4.78 is 53.7. The molecule has 1 aliphatic rings. The zero-order valence-electron chi connectivity index (χ0n) is 17.1. The first-order valence-electron chi connectivity index (χ1n) is 10.5. The third-order valence-corrected chi connectivity index (χ3v) is 5.61. The van der Waals surface area contributed by atoms with E-state index < -0.39 is 11.6 Å². The molecule has 0 unspecified atom stereocenters. The van der Waals surface area contributed by atoms with E-state index in [4.69, 9.17) is 9.47 Å². The Morgan fingerprint density at radius 3 is 2.34 bits per heavy atom. The summed E-state index contributed by atoms with van der Waals surface area (Å²) in [7, 11) is 0. The predicted octanol–water partition coefficient (Wildman–Crippen LogP) is 6.70. The second-order valence-electron chi connectivity index (χ2n) is 7.67. The van der Waals surface area contributed by atoms with Gasteiger partial charge in [-0.25, -0.2) is 8.78 Å². The molecule has 0 spiro atoms. The van der Waals surface area contributed by atoms with E-state index in [-0.39, 0.29) is 23.6 Å². The minimum Gasteiger partial charge on any atom is -0.491 e. The molecule has 1 aliphatic carbocycles. The molecule has 29 heavy (non-hydrogen) atoms. The van der Waals surface area contributed by atoms with E-state index in [1.807, 2.05) is 19.1 Å². The summed E-state index contributed by atoms with van der Waals surface area (Å²) in [6.45, 7) is 4.43. The Hall–Kier alpha value is -2.01. The average molecular weight is 406 g/mol. The topological polar surface area (TPSA) is 18.5 Å². The molecule has 0 saturated heterocycles. The molecule has 1 fully saturated rings. The molecule has 0 aromatic heterocycles. The van der Waals surface area contributed by atoms with Crippen LogP contribution in [0.2, 0.25) is 0 Å². The van der Waals surface area contributed by atoms with Gasteiger partial charge in [0.1, 0.15) is 5.82 Å². The van der Waals surface area contributed by atoms with Gasteiger partial charge in [-0.3, -0.25) is 0 Å². The fourth-order valence-corrected chi connectivity index (χ4v) is 4.04. The molecule has 1 saturated carbocycles.